The molecule has 1 aromatic carbocycles. The molecular weight excluding hydrogens is 226 g/mol. The SMILES string of the molecule is CC(=O)NCCC#Cc1cc(F)c(N)cc1F. The number of nitrogens with two attached hydrogens (primary N) is 1. The molecule has 0 spiro atoms. The Balaban J connectivity index is 2.66. The highest BCUT2D eigenvalue weighted by Crippen LogP contribution is 2.15. The van der Waals surface area contributed by atoms with Gasteiger partial charge in [-0.05, 0) is 6.07 Å². The van der Waals surface area contributed by atoms with Gasteiger partial charge in [-0.3, -0.25) is 4.79 Å². The van der Waals surface area contributed by atoms with Crippen LogP contribution in [0.15, 0.2) is 12.1 Å². The van der Waals surface area contributed by atoms with Crippen molar-refractivity contribution in [3.8, 4) is 11.8 Å². The van der Waals surface area contributed by atoms with Crippen LogP contribution >= 0.6 is 0 Å². The average molecular weight is 238 g/mol. The van der Waals surface area contributed by atoms with E-state index in [1.54, 1.807) is 0 Å². The van der Waals surface area contributed by atoms with Gasteiger partial charge in [-0.15, -0.1) is 0 Å². The van der Waals surface area contributed by atoms with Gasteiger partial charge >= 0.3 is 0 Å². The van der Waals surface area contributed by atoms with E-state index >= 15 is 0 Å². The maximum Gasteiger partial charge on any atom is 0.216 e. The maximum absolute atomic E-state index is 13.2. The first-order valence-corrected chi connectivity index (χ1v) is 4.98. The predicted molar refractivity (Wildman–Crippen MR) is 60.9 cm³/mol. The number of carbonyl (C=O) groups is 1. The smallest absolute Gasteiger partial charge is 0.216 e. The molecule has 0 fully saturated rings. The molecule has 0 aromatic heterocycles. The molecule has 17 heavy (non-hydrogen) atoms. The van der Waals surface area contributed by atoms with Crippen molar-refractivity contribution >= 4 is 11.6 Å². The van der Waals surface area contributed by atoms with E-state index in [-0.39, 0.29) is 17.2 Å². The zero-order valence-corrected chi connectivity index (χ0v) is 9.31. The van der Waals surface area contributed by atoms with Crippen LogP contribution in [0.25, 0.3) is 0 Å². The van der Waals surface area contributed by atoms with Gasteiger partial charge in [-0.1, -0.05) is 11.8 Å². The Kier molecular flexibility index (Phi) is 4.46. The molecule has 3 N–H and O–H groups in total. The van der Waals surface area contributed by atoms with E-state index in [2.05, 4.69) is 17.2 Å². The Hall–Kier alpha value is -2.09. The first-order valence-electron chi connectivity index (χ1n) is 4.98. The lowest BCUT2D eigenvalue weighted by molar-refractivity contribution is -0.118. The zero-order valence-electron chi connectivity index (χ0n) is 9.31. The normalized spacial score (nSPS) is 9.35. The van der Waals surface area contributed by atoms with E-state index in [9.17, 15) is 13.6 Å². The minimum absolute atomic E-state index is 0.0421. The molecule has 0 saturated heterocycles. The van der Waals surface area contributed by atoms with E-state index in [1.165, 1.54) is 6.92 Å². The number of nitrogen functional groups attached to an aromatic ring is 1. The van der Waals surface area contributed by atoms with Gasteiger partial charge in [-0.25, -0.2) is 8.78 Å². The van der Waals surface area contributed by atoms with Gasteiger partial charge in [0.2, 0.25) is 5.91 Å². The van der Waals surface area contributed by atoms with Crippen LogP contribution in [0.5, 0.6) is 0 Å². The Morgan fingerprint density at radius 3 is 2.76 bits per heavy atom. The molecule has 0 unspecified atom stereocenters. The number of nitrogens with one attached hydrogen (secondary N) is 1. The first kappa shape index (κ1) is 13.0. The van der Waals surface area contributed by atoms with Crippen LogP contribution in [0.1, 0.15) is 18.9 Å². The second-order valence-corrected chi connectivity index (χ2v) is 3.39. The summed E-state index contributed by atoms with van der Waals surface area (Å²) in [6.45, 7) is 1.77. The van der Waals surface area contributed by atoms with E-state index < -0.39 is 11.6 Å². The molecule has 0 aliphatic heterocycles. The monoisotopic (exact) mass is 238 g/mol. The minimum atomic E-state index is -0.697. The number of benzene rings is 1. The lowest BCUT2D eigenvalue weighted by Crippen LogP contribution is -2.20. The Labute approximate surface area is 98.0 Å². The summed E-state index contributed by atoms with van der Waals surface area (Å²) in [4.78, 5) is 10.5. The van der Waals surface area contributed by atoms with E-state index in [0.29, 0.717) is 13.0 Å². The Morgan fingerprint density at radius 1 is 1.41 bits per heavy atom. The number of carbonyl (C=O) groups excluding carboxylic acids is 1. The third-order valence-corrected chi connectivity index (χ3v) is 1.93. The third kappa shape index (κ3) is 4.11. The fourth-order valence-corrected chi connectivity index (χ4v) is 1.12. The molecule has 0 aliphatic carbocycles. The molecule has 3 nitrogen and oxygen atoms in total. The van der Waals surface area contributed by atoms with Gasteiger partial charge in [0.15, 0.2) is 0 Å². The van der Waals surface area contributed by atoms with Gasteiger partial charge in [0.1, 0.15) is 11.6 Å². The van der Waals surface area contributed by atoms with Crippen molar-refractivity contribution in [3.05, 3.63) is 29.3 Å². The molecule has 0 aliphatic rings. The summed E-state index contributed by atoms with van der Waals surface area (Å²) in [7, 11) is 0. The lowest BCUT2D eigenvalue weighted by atomic mass is 10.2. The number of hydrogen-bond donors (Lipinski definition) is 2. The van der Waals surface area contributed by atoms with E-state index in [4.69, 9.17) is 5.73 Å². The molecule has 1 aromatic rings. The summed E-state index contributed by atoms with van der Waals surface area (Å²) in [5.74, 6) is 3.61. The molecule has 0 saturated carbocycles. The van der Waals surface area contributed by atoms with Gasteiger partial charge in [0.05, 0.1) is 11.3 Å². The molecule has 0 atom stereocenters. The van der Waals surface area contributed by atoms with Crippen molar-refractivity contribution in [2.45, 2.75) is 13.3 Å². The van der Waals surface area contributed by atoms with Gasteiger partial charge < -0.3 is 11.1 Å². The van der Waals surface area contributed by atoms with Crippen molar-refractivity contribution in [1.82, 2.24) is 5.32 Å². The Bertz CT molecular complexity index is 489. The fraction of sp³-hybridized carbons (Fsp3) is 0.250. The molecule has 0 heterocycles. The molecule has 0 radical (unpaired) electrons. The lowest BCUT2D eigenvalue weighted by Gasteiger charge is -1.99. The van der Waals surface area contributed by atoms with Gasteiger partial charge in [0.25, 0.3) is 0 Å². The van der Waals surface area contributed by atoms with Crippen LogP contribution in [-0.2, 0) is 4.79 Å². The predicted octanol–water partition coefficient (Wildman–Crippen LogP) is 1.42. The minimum Gasteiger partial charge on any atom is -0.396 e. The van der Waals surface area contributed by atoms with Crippen molar-refractivity contribution in [2.75, 3.05) is 12.3 Å². The summed E-state index contributed by atoms with van der Waals surface area (Å²) in [5, 5.41) is 2.54. The van der Waals surface area contributed by atoms with Crippen LogP contribution < -0.4 is 11.1 Å². The third-order valence-electron chi connectivity index (χ3n) is 1.93. The van der Waals surface area contributed by atoms with Crippen molar-refractivity contribution in [2.24, 2.45) is 0 Å². The number of halogens is 2. The standard InChI is InChI=1S/C12H12F2N2O/c1-8(17)16-5-3-2-4-9-6-11(14)12(15)7-10(9)13/h6-7H,3,5,15H2,1H3,(H,16,17). The van der Waals surface area contributed by atoms with E-state index in [1.807, 2.05) is 0 Å². The summed E-state index contributed by atoms with van der Waals surface area (Å²) in [5.41, 5.74) is 4.90. The van der Waals surface area contributed by atoms with Gasteiger partial charge in [-0.2, -0.15) is 0 Å². The van der Waals surface area contributed by atoms with Crippen molar-refractivity contribution < 1.29 is 13.6 Å². The van der Waals surface area contributed by atoms with Crippen LogP contribution in [0, 0.1) is 23.5 Å². The summed E-state index contributed by atoms with van der Waals surface area (Å²) < 4.78 is 26.3. The molecular formula is C12H12F2N2O. The van der Waals surface area contributed by atoms with Crippen molar-refractivity contribution in [1.29, 1.82) is 0 Å². The number of hydrogen-bond acceptors (Lipinski definition) is 2. The zero-order chi connectivity index (χ0) is 12.8. The van der Waals surface area contributed by atoms with Crippen LogP contribution in [0.4, 0.5) is 14.5 Å². The Morgan fingerprint density at radius 2 is 2.12 bits per heavy atom. The molecule has 0 bridgehead atoms. The highest BCUT2D eigenvalue weighted by atomic mass is 19.1. The number of rotatable bonds is 2. The average Bonchev–Trinajstić information content (AvgIpc) is 2.24. The van der Waals surface area contributed by atoms with E-state index in [0.717, 1.165) is 12.1 Å². The number of amides is 1. The molecule has 90 valence electrons. The van der Waals surface area contributed by atoms with Crippen LogP contribution in [0.3, 0.4) is 0 Å². The molecule has 1 amide bonds. The fourth-order valence-electron chi connectivity index (χ4n) is 1.12. The van der Waals surface area contributed by atoms with Gasteiger partial charge in [0, 0.05) is 26.0 Å². The second kappa shape index (κ2) is 5.85. The highest BCUT2D eigenvalue weighted by molar-refractivity contribution is 5.72. The summed E-state index contributed by atoms with van der Waals surface area (Å²) >= 11 is 0. The quantitative estimate of drug-likeness (QED) is 0.465. The van der Waals surface area contributed by atoms with Crippen molar-refractivity contribution in [3.63, 3.8) is 0 Å². The van der Waals surface area contributed by atoms with Crippen LogP contribution in [0.2, 0.25) is 0 Å². The summed E-state index contributed by atoms with van der Waals surface area (Å²) in [6, 6.07) is 1.85. The second-order valence-electron chi connectivity index (χ2n) is 3.39. The first-order chi connectivity index (χ1) is 8.00. The molecule has 5 heteroatoms. The maximum atomic E-state index is 13.2. The number of anilines is 1. The molecule has 1 rings (SSSR count). The highest BCUT2D eigenvalue weighted by Gasteiger charge is 2.05. The summed E-state index contributed by atoms with van der Waals surface area (Å²) in [6.07, 6.45) is 0.366. The van der Waals surface area contributed by atoms with Crippen LogP contribution in [-0.4, -0.2) is 12.5 Å². The topological polar surface area (TPSA) is 55.1 Å². The largest absolute Gasteiger partial charge is 0.396 e.